The molecule has 0 radical (unpaired) electrons. The van der Waals surface area contributed by atoms with Gasteiger partial charge in [-0.05, 0) is 60.2 Å². The van der Waals surface area contributed by atoms with Gasteiger partial charge in [-0.3, -0.25) is 9.69 Å². The zero-order valence-electron chi connectivity index (χ0n) is 20.3. The third kappa shape index (κ3) is 5.48. The number of benzene rings is 2. The number of rotatable bonds is 4. The largest absolute Gasteiger partial charge is 0.338 e. The first kappa shape index (κ1) is 26.0. The maximum Gasteiger partial charge on any atom is 0.322 e. The Morgan fingerprint density at radius 3 is 2.70 bits per heavy atom. The Kier molecular flexibility index (Phi) is 7.72. The SMILES string of the molecule is C[C@H]1CN(C(=O)CN2CCc3sccc3[C@H]2c2cccc(F)c2)CCN1C(=O)Nc1cccc(Cl)c1Cl. The first-order valence-electron chi connectivity index (χ1n) is 12.2. The normalized spacial score (nSPS) is 20.0. The van der Waals surface area contributed by atoms with E-state index in [4.69, 9.17) is 23.2 Å². The minimum absolute atomic E-state index is 0.00452. The third-order valence-electron chi connectivity index (χ3n) is 7.00. The van der Waals surface area contributed by atoms with E-state index in [2.05, 4.69) is 21.7 Å². The van der Waals surface area contributed by atoms with Gasteiger partial charge in [0.1, 0.15) is 5.82 Å². The number of carbonyl (C=O) groups excluding carboxylic acids is 2. The van der Waals surface area contributed by atoms with E-state index >= 15 is 0 Å². The van der Waals surface area contributed by atoms with Crippen molar-refractivity contribution in [1.29, 1.82) is 0 Å². The molecule has 2 atom stereocenters. The fourth-order valence-electron chi connectivity index (χ4n) is 5.15. The summed E-state index contributed by atoms with van der Waals surface area (Å²) in [4.78, 5) is 33.3. The minimum atomic E-state index is -0.284. The van der Waals surface area contributed by atoms with E-state index in [9.17, 15) is 14.0 Å². The zero-order chi connectivity index (χ0) is 26.1. The molecule has 194 valence electrons. The number of hydrogen-bond acceptors (Lipinski definition) is 4. The zero-order valence-corrected chi connectivity index (χ0v) is 22.6. The number of halogens is 3. The molecule has 1 aromatic heterocycles. The fraction of sp³-hybridized carbons (Fsp3) is 0.333. The lowest BCUT2D eigenvalue weighted by atomic mass is 9.93. The number of anilines is 1. The average Bonchev–Trinajstić information content (AvgIpc) is 3.35. The molecule has 2 aliphatic rings. The summed E-state index contributed by atoms with van der Waals surface area (Å²) in [5.41, 5.74) is 2.44. The molecule has 6 nitrogen and oxygen atoms in total. The van der Waals surface area contributed by atoms with Crippen LogP contribution in [0.2, 0.25) is 10.0 Å². The van der Waals surface area contributed by atoms with Gasteiger partial charge in [0.15, 0.2) is 0 Å². The predicted molar refractivity (Wildman–Crippen MR) is 146 cm³/mol. The van der Waals surface area contributed by atoms with Crippen molar-refractivity contribution in [3.8, 4) is 0 Å². The number of hydrogen-bond donors (Lipinski definition) is 1. The third-order valence-corrected chi connectivity index (χ3v) is 8.82. The number of amides is 3. The first-order valence-corrected chi connectivity index (χ1v) is 13.8. The second-order valence-corrected chi connectivity index (χ2v) is 11.2. The van der Waals surface area contributed by atoms with Crippen molar-refractivity contribution in [2.24, 2.45) is 0 Å². The summed E-state index contributed by atoms with van der Waals surface area (Å²) >= 11 is 14.0. The van der Waals surface area contributed by atoms with Gasteiger partial charge >= 0.3 is 6.03 Å². The Balaban J connectivity index is 1.25. The summed E-state index contributed by atoms with van der Waals surface area (Å²) in [6, 6.07) is 13.2. The summed E-state index contributed by atoms with van der Waals surface area (Å²) in [5.74, 6) is -0.279. The monoisotopic (exact) mass is 560 g/mol. The molecule has 3 aromatic rings. The Bertz CT molecular complexity index is 1320. The Morgan fingerprint density at radius 2 is 1.92 bits per heavy atom. The van der Waals surface area contributed by atoms with Crippen LogP contribution in [-0.4, -0.2) is 65.4 Å². The van der Waals surface area contributed by atoms with Gasteiger partial charge in [-0.1, -0.05) is 41.4 Å². The molecule has 3 amide bonds. The molecule has 37 heavy (non-hydrogen) atoms. The molecule has 1 fully saturated rings. The number of carbonyl (C=O) groups is 2. The highest BCUT2D eigenvalue weighted by Crippen LogP contribution is 2.38. The summed E-state index contributed by atoms with van der Waals surface area (Å²) in [7, 11) is 0. The number of fused-ring (bicyclic) bond motifs is 1. The van der Waals surface area contributed by atoms with Crippen molar-refractivity contribution < 1.29 is 14.0 Å². The maximum absolute atomic E-state index is 14.1. The van der Waals surface area contributed by atoms with Crippen LogP contribution in [0.3, 0.4) is 0 Å². The lowest BCUT2D eigenvalue weighted by Gasteiger charge is -2.41. The lowest BCUT2D eigenvalue weighted by Crippen LogP contribution is -2.58. The van der Waals surface area contributed by atoms with Gasteiger partial charge in [0.25, 0.3) is 0 Å². The molecular formula is C27H27Cl2FN4O2S. The van der Waals surface area contributed by atoms with Crippen LogP contribution >= 0.6 is 34.5 Å². The molecule has 5 rings (SSSR count). The smallest absolute Gasteiger partial charge is 0.322 e. The summed E-state index contributed by atoms with van der Waals surface area (Å²) in [5, 5.41) is 5.55. The minimum Gasteiger partial charge on any atom is -0.338 e. The van der Waals surface area contributed by atoms with E-state index in [-0.39, 0.29) is 36.4 Å². The highest BCUT2D eigenvalue weighted by molar-refractivity contribution is 7.10. The van der Waals surface area contributed by atoms with Crippen molar-refractivity contribution in [3.05, 3.63) is 85.8 Å². The topological polar surface area (TPSA) is 55.9 Å². The molecule has 10 heteroatoms. The van der Waals surface area contributed by atoms with Crippen molar-refractivity contribution in [1.82, 2.24) is 14.7 Å². The van der Waals surface area contributed by atoms with E-state index in [1.165, 1.54) is 10.9 Å². The molecule has 2 aliphatic heterocycles. The number of thiophene rings is 1. The standard InChI is InChI=1S/C27H27Cl2FN4O2S/c1-17-15-32(11-12-34(17)27(36)31-22-7-3-6-21(28)25(22)29)24(35)16-33-10-8-23-20(9-13-37-23)26(33)18-4-2-5-19(30)14-18/h2-7,9,13-14,17,26H,8,10-12,15-16H2,1H3,(H,31,36)/t17-,26+/m0/s1. The van der Waals surface area contributed by atoms with Gasteiger partial charge in [-0.2, -0.15) is 0 Å². The quantitative estimate of drug-likeness (QED) is 0.431. The second kappa shape index (κ2) is 11.0. The molecule has 0 saturated carbocycles. The van der Waals surface area contributed by atoms with Gasteiger partial charge < -0.3 is 15.1 Å². The first-order chi connectivity index (χ1) is 17.8. The Morgan fingerprint density at radius 1 is 1.11 bits per heavy atom. The van der Waals surface area contributed by atoms with E-state index in [0.29, 0.717) is 35.4 Å². The molecule has 1 N–H and O–H groups in total. The van der Waals surface area contributed by atoms with Crippen LogP contribution in [0.4, 0.5) is 14.9 Å². The van der Waals surface area contributed by atoms with E-state index < -0.39 is 0 Å². The highest BCUT2D eigenvalue weighted by Gasteiger charge is 2.34. The molecule has 0 spiro atoms. The number of urea groups is 1. The van der Waals surface area contributed by atoms with Crippen LogP contribution in [0.25, 0.3) is 0 Å². The van der Waals surface area contributed by atoms with Gasteiger partial charge in [-0.25, -0.2) is 9.18 Å². The number of nitrogens with one attached hydrogen (secondary N) is 1. The lowest BCUT2D eigenvalue weighted by molar-refractivity contribution is -0.135. The molecule has 0 bridgehead atoms. The van der Waals surface area contributed by atoms with Crippen LogP contribution < -0.4 is 5.32 Å². The van der Waals surface area contributed by atoms with Gasteiger partial charge in [-0.15, -0.1) is 11.3 Å². The van der Waals surface area contributed by atoms with Crippen molar-refractivity contribution in [2.45, 2.75) is 25.4 Å². The van der Waals surface area contributed by atoms with Crippen LogP contribution in [-0.2, 0) is 11.2 Å². The van der Waals surface area contributed by atoms with E-state index in [0.717, 1.165) is 24.1 Å². The molecule has 0 aliphatic carbocycles. The van der Waals surface area contributed by atoms with Crippen molar-refractivity contribution >= 4 is 52.2 Å². The molecule has 1 saturated heterocycles. The molecule has 3 heterocycles. The van der Waals surface area contributed by atoms with Gasteiger partial charge in [0, 0.05) is 37.1 Å². The summed E-state index contributed by atoms with van der Waals surface area (Å²) in [6.45, 7) is 4.14. The Hall–Kier alpha value is -2.65. The molecular weight excluding hydrogens is 534 g/mol. The predicted octanol–water partition coefficient (Wildman–Crippen LogP) is 5.91. The summed E-state index contributed by atoms with van der Waals surface area (Å²) in [6.07, 6.45) is 0.864. The second-order valence-electron chi connectivity index (χ2n) is 9.39. The van der Waals surface area contributed by atoms with Crippen molar-refractivity contribution in [3.63, 3.8) is 0 Å². The van der Waals surface area contributed by atoms with Crippen molar-refractivity contribution in [2.75, 3.05) is 38.0 Å². The maximum atomic E-state index is 14.1. The van der Waals surface area contributed by atoms with Crippen LogP contribution in [0, 0.1) is 5.82 Å². The average molecular weight is 562 g/mol. The van der Waals surface area contributed by atoms with Crippen LogP contribution in [0.5, 0.6) is 0 Å². The highest BCUT2D eigenvalue weighted by atomic mass is 35.5. The fourth-order valence-corrected chi connectivity index (χ4v) is 6.40. The number of piperazine rings is 1. The van der Waals surface area contributed by atoms with Crippen LogP contribution in [0.15, 0.2) is 53.9 Å². The van der Waals surface area contributed by atoms with Gasteiger partial charge in [0.05, 0.1) is 28.3 Å². The van der Waals surface area contributed by atoms with Crippen LogP contribution in [0.1, 0.15) is 29.0 Å². The Labute approximate surface area is 229 Å². The molecule has 2 aromatic carbocycles. The van der Waals surface area contributed by atoms with Gasteiger partial charge in [0.2, 0.25) is 5.91 Å². The summed E-state index contributed by atoms with van der Waals surface area (Å²) < 4.78 is 14.1. The van der Waals surface area contributed by atoms with E-state index in [1.54, 1.807) is 46.6 Å². The molecule has 0 unspecified atom stereocenters. The number of nitrogens with zero attached hydrogens (tertiary/aromatic N) is 3. The van der Waals surface area contributed by atoms with E-state index in [1.807, 2.05) is 17.9 Å².